The Labute approximate surface area is 193 Å². The van der Waals surface area contributed by atoms with Gasteiger partial charge in [-0.1, -0.05) is 30.9 Å². The van der Waals surface area contributed by atoms with Crippen LogP contribution >= 0.6 is 0 Å². The van der Waals surface area contributed by atoms with E-state index < -0.39 is 5.60 Å². The molecule has 1 spiro atoms. The highest BCUT2D eigenvalue weighted by Crippen LogP contribution is 2.34. The number of amides is 2. The predicted octanol–water partition coefficient (Wildman–Crippen LogP) is 1.90. The molecule has 2 aliphatic heterocycles. The molecule has 0 bridgehead atoms. The lowest BCUT2D eigenvalue weighted by molar-refractivity contribution is -0.133. The molecule has 2 fully saturated rings. The Morgan fingerprint density at radius 1 is 1.27 bits per heavy atom. The summed E-state index contributed by atoms with van der Waals surface area (Å²) in [6.07, 6.45) is 9.29. The third kappa shape index (κ3) is 4.53. The average Bonchev–Trinajstić information content (AvgIpc) is 3.63. The zero-order valence-electron chi connectivity index (χ0n) is 19.3. The number of aromatic nitrogens is 5. The molecule has 2 aromatic heterocycles. The first-order valence-electron chi connectivity index (χ1n) is 12.2. The highest BCUT2D eigenvalue weighted by molar-refractivity contribution is 5.92. The van der Waals surface area contributed by atoms with Crippen molar-refractivity contribution in [1.82, 2.24) is 35.0 Å². The van der Waals surface area contributed by atoms with E-state index in [-0.39, 0.29) is 18.4 Å². The van der Waals surface area contributed by atoms with E-state index in [1.165, 1.54) is 25.7 Å². The van der Waals surface area contributed by atoms with Crippen molar-refractivity contribution in [2.45, 2.75) is 83.7 Å². The van der Waals surface area contributed by atoms with E-state index in [0.29, 0.717) is 44.0 Å². The second-order valence-electron chi connectivity index (χ2n) is 9.58. The van der Waals surface area contributed by atoms with Gasteiger partial charge in [0.05, 0.1) is 31.9 Å². The predicted molar refractivity (Wildman–Crippen MR) is 119 cm³/mol. The maximum Gasteiger partial charge on any atom is 0.269 e. The smallest absolute Gasteiger partial charge is 0.269 e. The van der Waals surface area contributed by atoms with Crippen LogP contribution in [0, 0.1) is 5.92 Å². The molecule has 1 atom stereocenters. The van der Waals surface area contributed by atoms with Crippen molar-refractivity contribution in [3.63, 3.8) is 0 Å². The minimum absolute atomic E-state index is 0.188. The molecule has 1 saturated carbocycles. The molecule has 33 heavy (non-hydrogen) atoms. The zero-order chi connectivity index (χ0) is 22.8. The lowest BCUT2D eigenvalue weighted by Crippen LogP contribution is -2.45. The molecule has 2 amide bonds. The van der Waals surface area contributed by atoms with Crippen molar-refractivity contribution in [2.24, 2.45) is 5.92 Å². The number of carbonyl (C=O) groups is 2. The van der Waals surface area contributed by atoms with Gasteiger partial charge in [-0.15, -0.1) is 5.10 Å². The molecule has 10 nitrogen and oxygen atoms in total. The fourth-order valence-electron chi connectivity index (χ4n) is 5.45. The third-order valence-corrected chi connectivity index (χ3v) is 7.45. The Hall–Kier alpha value is -2.75. The van der Waals surface area contributed by atoms with Gasteiger partial charge in [0.15, 0.2) is 0 Å². The van der Waals surface area contributed by atoms with E-state index in [2.05, 4.69) is 20.7 Å². The van der Waals surface area contributed by atoms with E-state index in [1.807, 2.05) is 16.5 Å². The molecule has 0 radical (unpaired) electrons. The maximum atomic E-state index is 12.8. The Morgan fingerprint density at radius 3 is 2.94 bits per heavy atom. The molecule has 0 aromatic carbocycles. The van der Waals surface area contributed by atoms with Crippen LogP contribution in [0.5, 0.6) is 0 Å². The van der Waals surface area contributed by atoms with Gasteiger partial charge in [-0.25, -0.2) is 4.68 Å². The number of carbonyl (C=O) groups excluding carboxylic acids is 2. The minimum atomic E-state index is -0.391. The standard InChI is InChI=1S/C23H33N7O3/c1-2-29-19(9-11-25-29)22(32)24-13-18-20-14-33-23(16-30(20)27-26-18)10-12-28(15-23)21(31)8-7-17-5-3-4-6-17/h9,11,17H,2-8,10,12-16H2,1H3,(H,24,32). The quantitative estimate of drug-likeness (QED) is 0.683. The molecule has 1 unspecified atom stereocenters. The second-order valence-corrected chi connectivity index (χ2v) is 9.58. The molecule has 178 valence electrons. The third-order valence-electron chi connectivity index (χ3n) is 7.45. The number of nitrogens with one attached hydrogen (secondary N) is 1. The number of nitrogens with zero attached hydrogens (tertiary/aromatic N) is 6. The van der Waals surface area contributed by atoms with Crippen LogP contribution < -0.4 is 5.32 Å². The van der Waals surface area contributed by atoms with Crippen LogP contribution in [0.1, 0.15) is 73.7 Å². The van der Waals surface area contributed by atoms with Crippen molar-refractivity contribution < 1.29 is 14.3 Å². The summed E-state index contributed by atoms with van der Waals surface area (Å²) in [5.74, 6) is 0.795. The SMILES string of the molecule is CCn1nccc1C(=O)NCc1nnn2c1COC1(CCN(C(=O)CCC3CCCC3)C1)C2. The Kier molecular flexibility index (Phi) is 6.18. The number of hydrogen-bond acceptors (Lipinski definition) is 6. The van der Waals surface area contributed by atoms with Crippen molar-refractivity contribution in [3.8, 4) is 0 Å². The topological polar surface area (TPSA) is 107 Å². The normalized spacial score (nSPS) is 22.8. The summed E-state index contributed by atoms with van der Waals surface area (Å²) in [4.78, 5) is 27.2. The summed E-state index contributed by atoms with van der Waals surface area (Å²) < 4.78 is 9.84. The highest BCUT2D eigenvalue weighted by atomic mass is 16.5. The summed E-state index contributed by atoms with van der Waals surface area (Å²) in [7, 11) is 0. The van der Waals surface area contributed by atoms with Crippen molar-refractivity contribution in [3.05, 3.63) is 29.3 Å². The van der Waals surface area contributed by atoms with Gasteiger partial charge >= 0.3 is 0 Å². The summed E-state index contributed by atoms with van der Waals surface area (Å²) >= 11 is 0. The first kappa shape index (κ1) is 22.1. The van der Waals surface area contributed by atoms with Crippen molar-refractivity contribution in [2.75, 3.05) is 13.1 Å². The Morgan fingerprint density at radius 2 is 2.12 bits per heavy atom. The molecular weight excluding hydrogens is 422 g/mol. The summed E-state index contributed by atoms with van der Waals surface area (Å²) in [5.41, 5.74) is 1.73. The molecule has 3 aliphatic rings. The molecule has 2 aromatic rings. The van der Waals surface area contributed by atoms with Gasteiger partial charge in [0.2, 0.25) is 5.91 Å². The number of hydrogen-bond donors (Lipinski definition) is 1. The van der Waals surface area contributed by atoms with Gasteiger partial charge in [-0.2, -0.15) is 5.10 Å². The highest BCUT2D eigenvalue weighted by Gasteiger charge is 2.44. The van der Waals surface area contributed by atoms with Crippen LogP contribution in [0.3, 0.4) is 0 Å². The maximum absolute atomic E-state index is 12.8. The lowest BCUT2D eigenvalue weighted by Gasteiger charge is -2.34. The van der Waals surface area contributed by atoms with E-state index in [1.54, 1.807) is 16.9 Å². The van der Waals surface area contributed by atoms with Gasteiger partial charge in [0.1, 0.15) is 17.0 Å². The van der Waals surface area contributed by atoms with E-state index in [4.69, 9.17) is 4.74 Å². The Bertz CT molecular complexity index is 1010. The number of fused-ring (bicyclic) bond motifs is 1. The monoisotopic (exact) mass is 455 g/mol. The molecule has 1 N–H and O–H groups in total. The molecule has 5 rings (SSSR count). The van der Waals surface area contributed by atoms with Crippen LogP contribution in [0.15, 0.2) is 12.3 Å². The number of rotatable bonds is 7. The van der Waals surface area contributed by atoms with Crippen LogP contribution in [-0.4, -0.2) is 60.2 Å². The molecule has 1 saturated heterocycles. The van der Waals surface area contributed by atoms with Gasteiger partial charge in [0.25, 0.3) is 5.91 Å². The second kappa shape index (κ2) is 9.24. The van der Waals surface area contributed by atoms with Crippen LogP contribution in [0.4, 0.5) is 0 Å². The minimum Gasteiger partial charge on any atom is -0.365 e. The van der Waals surface area contributed by atoms with E-state index in [0.717, 1.165) is 31.0 Å². The molecule has 4 heterocycles. The van der Waals surface area contributed by atoms with E-state index in [9.17, 15) is 9.59 Å². The molecule has 10 heteroatoms. The fraction of sp³-hybridized carbons (Fsp3) is 0.696. The number of likely N-dealkylation sites (tertiary alicyclic amines) is 1. The fourth-order valence-corrected chi connectivity index (χ4v) is 5.45. The zero-order valence-corrected chi connectivity index (χ0v) is 19.3. The Balaban J connectivity index is 1.16. The largest absolute Gasteiger partial charge is 0.365 e. The van der Waals surface area contributed by atoms with E-state index >= 15 is 0 Å². The number of ether oxygens (including phenoxy) is 1. The molecular formula is C23H33N7O3. The average molecular weight is 456 g/mol. The lowest BCUT2D eigenvalue weighted by atomic mass is 10.0. The number of aryl methyl sites for hydroxylation is 1. The van der Waals surface area contributed by atoms with Gasteiger partial charge < -0.3 is 15.0 Å². The molecule has 1 aliphatic carbocycles. The van der Waals surface area contributed by atoms with Gasteiger partial charge in [-0.3, -0.25) is 14.3 Å². The van der Waals surface area contributed by atoms with Crippen LogP contribution in [0.2, 0.25) is 0 Å². The summed E-state index contributed by atoms with van der Waals surface area (Å²) in [6, 6.07) is 1.70. The first-order valence-corrected chi connectivity index (χ1v) is 12.2. The van der Waals surface area contributed by atoms with Gasteiger partial charge in [-0.05, 0) is 31.7 Å². The van der Waals surface area contributed by atoms with Crippen molar-refractivity contribution in [1.29, 1.82) is 0 Å². The summed E-state index contributed by atoms with van der Waals surface area (Å²) in [6.45, 7) is 5.18. The van der Waals surface area contributed by atoms with Crippen LogP contribution in [-0.2, 0) is 35.8 Å². The van der Waals surface area contributed by atoms with Gasteiger partial charge in [0, 0.05) is 25.7 Å². The first-order chi connectivity index (χ1) is 16.1. The summed E-state index contributed by atoms with van der Waals surface area (Å²) in [5, 5.41) is 15.7. The van der Waals surface area contributed by atoms with Crippen molar-refractivity contribution >= 4 is 11.8 Å². The van der Waals surface area contributed by atoms with Crippen LogP contribution in [0.25, 0.3) is 0 Å².